The lowest BCUT2D eigenvalue weighted by atomic mass is 10.0. The molecule has 1 aliphatic carbocycles. The minimum absolute atomic E-state index is 0.248. The van der Waals surface area contributed by atoms with Crippen LogP contribution in [0.15, 0.2) is 48.5 Å². The number of rotatable bonds is 4. The summed E-state index contributed by atoms with van der Waals surface area (Å²) in [5.74, 6) is -0.750. The second-order valence-electron chi connectivity index (χ2n) is 6.99. The third-order valence-electron chi connectivity index (χ3n) is 5.25. The van der Waals surface area contributed by atoms with Gasteiger partial charge in [0.1, 0.15) is 5.82 Å². The van der Waals surface area contributed by atoms with Crippen LogP contribution in [0.5, 0.6) is 0 Å². The predicted molar refractivity (Wildman–Crippen MR) is 102 cm³/mol. The molecule has 4 rings (SSSR count). The lowest BCUT2D eigenvalue weighted by Gasteiger charge is -2.17. The van der Waals surface area contributed by atoms with Gasteiger partial charge < -0.3 is 10.4 Å². The minimum Gasteiger partial charge on any atom is -0.481 e. The Kier molecular flexibility index (Phi) is 4.39. The average Bonchev–Trinajstić information content (AvgIpc) is 3.25. The third kappa shape index (κ3) is 3.18. The summed E-state index contributed by atoms with van der Waals surface area (Å²) in [5, 5.41) is 12.2. The van der Waals surface area contributed by atoms with Crippen LogP contribution in [0, 0.1) is 12.8 Å². The number of para-hydroxylation sites is 1. The van der Waals surface area contributed by atoms with Crippen LogP contribution in [-0.4, -0.2) is 32.6 Å². The van der Waals surface area contributed by atoms with Crippen molar-refractivity contribution in [3.05, 3.63) is 59.9 Å². The molecule has 1 aliphatic rings. The fraction of sp³-hybridized carbons (Fsp3) is 0.286. The SMILES string of the molecule is Cc1nc2cc(C(=O)N[C@@H]3CCC[C@@H]3C(=O)O)ccc2n1-c1ccccc1. The average molecular weight is 363 g/mol. The number of aryl methyl sites for hydroxylation is 1. The van der Waals surface area contributed by atoms with Gasteiger partial charge in [-0.3, -0.25) is 14.2 Å². The molecule has 2 aromatic carbocycles. The molecule has 1 aromatic heterocycles. The fourth-order valence-electron chi connectivity index (χ4n) is 3.93. The molecule has 27 heavy (non-hydrogen) atoms. The van der Waals surface area contributed by atoms with Gasteiger partial charge in [-0.1, -0.05) is 24.6 Å². The van der Waals surface area contributed by atoms with Crippen LogP contribution >= 0.6 is 0 Å². The van der Waals surface area contributed by atoms with Gasteiger partial charge in [0.25, 0.3) is 5.91 Å². The highest BCUT2D eigenvalue weighted by Gasteiger charge is 2.34. The van der Waals surface area contributed by atoms with Gasteiger partial charge in [0.05, 0.1) is 17.0 Å². The predicted octanol–water partition coefficient (Wildman–Crippen LogP) is 3.32. The van der Waals surface area contributed by atoms with Gasteiger partial charge in [0.15, 0.2) is 0 Å². The second-order valence-corrected chi connectivity index (χ2v) is 6.99. The van der Waals surface area contributed by atoms with Gasteiger partial charge in [-0.25, -0.2) is 4.98 Å². The Labute approximate surface area is 156 Å². The van der Waals surface area contributed by atoms with Crippen LogP contribution < -0.4 is 5.32 Å². The van der Waals surface area contributed by atoms with Crippen LogP contribution in [-0.2, 0) is 4.79 Å². The Bertz CT molecular complexity index is 1010. The molecular formula is C21H21N3O3. The Morgan fingerprint density at radius 2 is 1.93 bits per heavy atom. The van der Waals surface area contributed by atoms with Gasteiger partial charge in [0, 0.05) is 17.3 Å². The number of aliphatic carboxylic acids is 1. The van der Waals surface area contributed by atoms with E-state index in [1.165, 1.54) is 0 Å². The molecule has 138 valence electrons. The van der Waals surface area contributed by atoms with E-state index in [1.54, 1.807) is 12.1 Å². The van der Waals surface area contributed by atoms with Crippen LogP contribution in [0.1, 0.15) is 35.4 Å². The number of imidazole rings is 1. The van der Waals surface area contributed by atoms with Crippen molar-refractivity contribution in [1.82, 2.24) is 14.9 Å². The Hall–Kier alpha value is -3.15. The molecule has 0 bridgehead atoms. The number of amides is 1. The molecule has 0 spiro atoms. The summed E-state index contributed by atoms with van der Waals surface area (Å²) in [6.07, 6.45) is 2.13. The summed E-state index contributed by atoms with van der Waals surface area (Å²) >= 11 is 0. The molecule has 6 heteroatoms. The Balaban J connectivity index is 1.63. The van der Waals surface area contributed by atoms with E-state index >= 15 is 0 Å². The number of carboxylic acids is 1. The van der Waals surface area contributed by atoms with E-state index in [9.17, 15) is 14.7 Å². The first-order chi connectivity index (χ1) is 13.0. The van der Waals surface area contributed by atoms with Gasteiger partial charge in [-0.2, -0.15) is 0 Å². The smallest absolute Gasteiger partial charge is 0.308 e. The highest BCUT2D eigenvalue weighted by molar-refractivity contribution is 5.98. The number of fused-ring (bicyclic) bond motifs is 1. The van der Waals surface area contributed by atoms with E-state index in [-0.39, 0.29) is 11.9 Å². The summed E-state index contributed by atoms with van der Waals surface area (Å²) in [4.78, 5) is 28.5. The summed E-state index contributed by atoms with van der Waals surface area (Å²) in [7, 11) is 0. The molecule has 2 N–H and O–H groups in total. The topological polar surface area (TPSA) is 84.2 Å². The first-order valence-electron chi connectivity index (χ1n) is 9.13. The molecular weight excluding hydrogens is 342 g/mol. The number of carbonyl (C=O) groups excluding carboxylic acids is 1. The van der Waals surface area contributed by atoms with Crippen LogP contribution in [0.4, 0.5) is 0 Å². The zero-order valence-electron chi connectivity index (χ0n) is 15.1. The zero-order valence-corrected chi connectivity index (χ0v) is 15.1. The van der Waals surface area contributed by atoms with Crippen molar-refractivity contribution in [2.45, 2.75) is 32.2 Å². The van der Waals surface area contributed by atoms with E-state index in [0.29, 0.717) is 18.4 Å². The van der Waals surface area contributed by atoms with Crippen molar-refractivity contribution in [1.29, 1.82) is 0 Å². The molecule has 1 heterocycles. The van der Waals surface area contributed by atoms with Crippen LogP contribution in [0.3, 0.4) is 0 Å². The normalized spacial score (nSPS) is 19.3. The van der Waals surface area contributed by atoms with E-state index in [0.717, 1.165) is 29.0 Å². The van der Waals surface area contributed by atoms with E-state index in [1.807, 2.05) is 43.3 Å². The molecule has 3 aromatic rings. The maximum absolute atomic E-state index is 12.6. The summed E-state index contributed by atoms with van der Waals surface area (Å²) < 4.78 is 2.05. The Morgan fingerprint density at radius 3 is 2.67 bits per heavy atom. The number of benzene rings is 2. The van der Waals surface area contributed by atoms with E-state index in [4.69, 9.17) is 0 Å². The van der Waals surface area contributed by atoms with E-state index in [2.05, 4.69) is 14.9 Å². The lowest BCUT2D eigenvalue weighted by Crippen LogP contribution is -2.40. The molecule has 2 atom stereocenters. The van der Waals surface area contributed by atoms with Crippen molar-refractivity contribution in [3.63, 3.8) is 0 Å². The molecule has 0 unspecified atom stereocenters. The fourth-order valence-corrected chi connectivity index (χ4v) is 3.93. The summed E-state index contributed by atoms with van der Waals surface area (Å²) in [6, 6.07) is 15.1. The van der Waals surface area contributed by atoms with Gasteiger partial charge in [-0.05, 0) is 50.1 Å². The molecule has 6 nitrogen and oxygen atoms in total. The highest BCUT2D eigenvalue weighted by Crippen LogP contribution is 2.27. The molecule has 1 fully saturated rings. The number of hydrogen-bond donors (Lipinski definition) is 2. The standard InChI is InChI=1S/C21H21N3O3/c1-13-22-18-12-14(20(25)23-17-9-5-8-16(17)21(26)27)10-11-19(18)24(13)15-6-3-2-4-7-15/h2-4,6-7,10-12,16-17H,5,8-9H2,1H3,(H,23,25)(H,26,27)/t16-,17+/m0/s1. The molecule has 0 aliphatic heterocycles. The molecule has 0 radical (unpaired) electrons. The second kappa shape index (κ2) is 6.87. The molecule has 1 amide bonds. The monoisotopic (exact) mass is 363 g/mol. The summed E-state index contributed by atoms with van der Waals surface area (Å²) in [5.41, 5.74) is 3.19. The Morgan fingerprint density at radius 1 is 1.15 bits per heavy atom. The number of carboxylic acid groups (broad SMARTS) is 1. The maximum Gasteiger partial charge on any atom is 0.308 e. The quantitative estimate of drug-likeness (QED) is 0.745. The minimum atomic E-state index is -0.842. The largest absolute Gasteiger partial charge is 0.481 e. The van der Waals surface area contributed by atoms with Crippen molar-refractivity contribution in [3.8, 4) is 5.69 Å². The molecule has 0 saturated heterocycles. The van der Waals surface area contributed by atoms with Crippen LogP contribution in [0.25, 0.3) is 16.7 Å². The maximum atomic E-state index is 12.6. The van der Waals surface area contributed by atoms with Gasteiger partial charge in [-0.15, -0.1) is 0 Å². The first-order valence-corrected chi connectivity index (χ1v) is 9.13. The number of hydrogen-bond acceptors (Lipinski definition) is 3. The van der Waals surface area contributed by atoms with Crippen molar-refractivity contribution in [2.24, 2.45) is 5.92 Å². The van der Waals surface area contributed by atoms with Crippen molar-refractivity contribution >= 4 is 22.9 Å². The summed E-state index contributed by atoms with van der Waals surface area (Å²) in [6.45, 7) is 1.93. The van der Waals surface area contributed by atoms with Crippen molar-refractivity contribution in [2.75, 3.05) is 0 Å². The van der Waals surface area contributed by atoms with Crippen LogP contribution in [0.2, 0.25) is 0 Å². The number of aromatic nitrogens is 2. The first kappa shape index (κ1) is 17.3. The zero-order chi connectivity index (χ0) is 19.0. The third-order valence-corrected chi connectivity index (χ3v) is 5.25. The van der Waals surface area contributed by atoms with Crippen molar-refractivity contribution < 1.29 is 14.7 Å². The highest BCUT2D eigenvalue weighted by atomic mass is 16.4. The number of carbonyl (C=O) groups is 2. The van der Waals surface area contributed by atoms with Gasteiger partial charge in [0.2, 0.25) is 0 Å². The number of nitrogens with zero attached hydrogens (tertiary/aromatic N) is 2. The van der Waals surface area contributed by atoms with E-state index < -0.39 is 11.9 Å². The molecule has 1 saturated carbocycles. The number of nitrogens with one attached hydrogen (secondary N) is 1. The lowest BCUT2D eigenvalue weighted by molar-refractivity contribution is -0.142. The van der Waals surface area contributed by atoms with Gasteiger partial charge >= 0.3 is 5.97 Å².